The number of nitrogens with one attached hydrogen (secondary N) is 1. The van der Waals surface area contributed by atoms with Gasteiger partial charge in [-0.15, -0.1) is 0 Å². The fourth-order valence-corrected chi connectivity index (χ4v) is 1.78. The van der Waals surface area contributed by atoms with Gasteiger partial charge < -0.3 is 31.6 Å². The van der Waals surface area contributed by atoms with Gasteiger partial charge >= 0.3 is 0 Å². The molecule has 0 aliphatic rings. The van der Waals surface area contributed by atoms with Crippen molar-refractivity contribution in [2.24, 2.45) is 10.9 Å². The molecule has 20 heavy (non-hydrogen) atoms. The van der Waals surface area contributed by atoms with Crippen molar-refractivity contribution in [2.75, 3.05) is 26.4 Å². The number of aliphatic hydroxyl groups is 3. The van der Waals surface area contributed by atoms with Crippen molar-refractivity contribution in [1.82, 2.24) is 5.32 Å². The van der Waals surface area contributed by atoms with Crippen LogP contribution >= 0.6 is 0 Å². The highest BCUT2D eigenvalue weighted by Crippen LogP contribution is 2.16. The van der Waals surface area contributed by atoms with Crippen LogP contribution in [0, 0.1) is 0 Å². The molecule has 0 aromatic heterocycles. The summed E-state index contributed by atoms with van der Waals surface area (Å²) in [5.74, 6) is -0.434. The molecule has 1 atom stereocenters. The number of benzene rings is 1. The van der Waals surface area contributed by atoms with E-state index in [0.29, 0.717) is 0 Å². The van der Waals surface area contributed by atoms with Crippen molar-refractivity contribution in [3.8, 4) is 0 Å². The Bertz CT molecular complexity index is 413. The van der Waals surface area contributed by atoms with E-state index in [1.807, 2.05) is 30.3 Å². The first-order valence-corrected chi connectivity index (χ1v) is 6.22. The zero-order chi connectivity index (χ0) is 15.0. The molecule has 7 N–H and O–H groups in total. The van der Waals surface area contributed by atoms with Gasteiger partial charge in [-0.25, -0.2) is 0 Å². The highest BCUT2D eigenvalue weighted by molar-refractivity contribution is 5.87. The highest BCUT2D eigenvalue weighted by Gasteiger charge is 2.29. The van der Waals surface area contributed by atoms with E-state index in [1.54, 1.807) is 0 Å². The molecule has 7 heteroatoms. The molecule has 0 bridgehead atoms. The van der Waals surface area contributed by atoms with Crippen LogP contribution in [0.25, 0.3) is 0 Å². The van der Waals surface area contributed by atoms with Crippen LogP contribution in [0.5, 0.6) is 0 Å². The number of hydrogen-bond acceptors (Lipinski definition) is 6. The van der Waals surface area contributed by atoms with Gasteiger partial charge in [0, 0.05) is 6.54 Å². The summed E-state index contributed by atoms with van der Waals surface area (Å²) in [6.45, 7) is -1.10. The lowest BCUT2D eigenvalue weighted by atomic mass is 9.95. The number of nitrogens with two attached hydrogens (primary N) is 1. The number of rotatable bonds is 8. The maximum Gasteiger partial charge on any atom is 0.147 e. The van der Waals surface area contributed by atoms with Crippen molar-refractivity contribution in [2.45, 2.75) is 11.5 Å². The normalized spacial score (nSPS) is 14.2. The number of hydrogen-bond donors (Lipinski definition) is 6. The van der Waals surface area contributed by atoms with Crippen LogP contribution in [-0.2, 0) is 0 Å². The Balaban J connectivity index is 2.87. The summed E-state index contributed by atoms with van der Waals surface area (Å²) in [7, 11) is 0. The Kier molecular flexibility index (Phi) is 6.40. The van der Waals surface area contributed by atoms with Crippen LogP contribution in [-0.4, -0.2) is 58.3 Å². The molecule has 0 radical (unpaired) electrons. The van der Waals surface area contributed by atoms with E-state index in [0.717, 1.165) is 5.56 Å². The molecule has 1 unspecified atom stereocenters. The largest absolute Gasteiger partial charge is 0.409 e. The summed E-state index contributed by atoms with van der Waals surface area (Å²) < 4.78 is 0. The second-order valence-corrected chi connectivity index (χ2v) is 4.62. The van der Waals surface area contributed by atoms with Gasteiger partial charge in [0.25, 0.3) is 0 Å². The third kappa shape index (κ3) is 3.91. The maximum absolute atomic E-state index is 9.26. The second kappa shape index (κ2) is 7.81. The van der Waals surface area contributed by atoms with Crippen molar-refractivity contribution in [1.29, 1.82) is 0 Å². The molecule has 1 rings (SSSR count). The van der Waals surface area contributed by atoms with Crippen molar-refractivity contribution in [3.05, 3.63) is 35.9 Å². The summed E-state index contributed by atoms with van der Waals surface area (Å²) in [6.07, 6.45) is 0. The van der Waals surface area contributed by atoms with Crippen LogP contribution < -0.4 is 11.1 Å². The van der Waals surface area contributed by atoms with Crippen LogP contribution in [0.15, 0.2) is 35.5 Å². The lowest BCUT2D eigenvalue weighted by molar-refractivity contribution is 0.0426. The fourth-order valence-electron chi connectivity index (χ4n) is 1.78. The van der Waals surface area contributed by atoms with Gasteiger partial charge in [0.2, 0.25) is 0 Å². The van der Waals surface area contributed by atoms with E-state index in [9.17, 15) is 15.3 Å². The molecule has 7 nitrogen and oxygen atoms in total. The molecule has 0 spiro atoms. The van der Waals surface area contributed by atoms with Crippen molar-refractivity contribution < 1.29 is 20.5 Å². The lowest BCUT2D eigenvalue weighted by Gasteiger charge is -2.31. The van der Waals surface area contributed by atoms with Crippen molar-refractivity contribution in [3.63, 3.8) is 0 Å². The van der Waals surface area contributed by atoms with Gasteiger partial charge in [0.05, 0.1) is 31.3 Å². The SMILES string of the molecule is N/C(=N/O)C(CNC(CO)(CO)CO)c1ccccc1. The van der Waals surface area contributed by atoms with E-state index < -0.39 is 31.3 Å². The van der Waals surface area contributed by atoms with Crippen LogP contribution in [0.3, 0.4) is 0 Å². The van der Waals surface area contributed by atoms with E-state index in [2.05, 4.69) is 10.5 Å². The zero-order valence-electron chi connectivity index (χ0n) is 11.1. The Morgan fingerprint density at radius 3 is 2.15 bits per heavy atom. The molecule has 0 fully saturated rings. The van der Waals surface area contributed by atoms with Gasteiger partial charge in [-0.1, -0.05) is 35.5 Å². The average Bonchev–Trinajstić information content (AvgIpc) is 2.52. The molecule has 0 aliphatic heterocycles. The minimum atomic E-state index is -1.21. The number of oxime groups is 1. The minimum absolute atomic E-state index is 0.00594. The second-order valence-electron chi connectivity index (χ2n) is 4.62. The smallest absolute Gasteiger partial charge is 0.147 e. The van der Waals surface area contributed by atoms with Crippen LogP contribution in [0.1, 0.15) is 11.5 Å². The van der Waals surface area contributed by atoms with Gasteiger partial charge in [0.15, 0.2) is 0 Å². The number of amidine groups is 1. The topological polar surface area (TPSA) is 131 Å². The number of nitrogens with zero attached hydrogens (tertiary/aromatic N) is 1. The third-order valence-electron chi connectivity index (χ3n) is 3.26. The first-order chi connectivity index (χ1) is 9.62. The first kappa shape index (κ1) is 16.4. The molecular formula is C13H21N3O4. The number of aliphatic hydroxyl groups excluding tert-OH is 3. The summed E-state index contributed by atoms with van der Waals surface area (Å²) in [5.41, 5.74) is 5.29. The van der Waals surface area contributed by atoms with E-state index in [1.165, 1.54) is 0 Å². The maximum atomic E-state index is 9.26. The zero-order valence-corrected chi connectivity index (χ0v) is 11.1. The van der Waals surface area contributed by atoms with Crippen LogP contribution in [0.4, 0.5) is 0 Å². The van der Waals surface area contributed by atoms with Gasteiger partial charge in [-0.05, 0) is 5.56 Å². The standard InChI is InChI=1S/C13H21N3O4/c14-12(16-20)11(10-4-2-1-3-5-10)6-15-13(7-17,8-18)9-19/h1-5,11,15,17-20H,6-9H2,(H2,14,16). The van der Waals surface area contributed by atoms with Gasteiger partial charge in [-0.3, -0.25) is 0 Å². The highest BCUT2D eigenvalue weighted by atomic mass is 16.4. The molecular weight excluding hydrogens is 262 g/mol. The summed E-state index contributed by atoms with van der Waals surface area (Å²) in [6, 6.07) is 9.14. The Hall–Kier alpha value is -1.67. The lowest BCUT2D eigenvalue weighted by Crippen LogP contribution is -2.56. The molecule has 0 saturated heterocycles. The fraction of sp³-hybridized carbons (Fsp3) is 0.462. The quantitative estimate of drug-likeness (QED) is 0.154. The first-order valence-electron chi connectivity index (χ1n) is 6.22. The summed E-state index contributed by atoms with van der Waals surface area (Å²) >= 11 is 0. The predicted molar refractivity (Wildman–Crippen MR) is 74.6 cm³/mol. The Labute approximate surface area is 117 Å². The Morgan fingerprint density at radius 2 is 1.70 bits per heavy atom. The van der Waals surface area contributed by atoms with Crippen molar-refractivity contribution >= 4 is 5.84 Å². The Morgan fingerprint density at radius 1 is 1.15 bits per heavy atom. The van der Waals surface area contributed by atoms with Gasteiger partial charge in [0.1, 0.15) is 5.84 Å². The molecule has 1 aromatic carbocycles. The molecule has 0 aliphatic carbocycles. The molecule has 0 saturated carbocycles. The predicted octanol–water partition coefficient (Wildman–Crippen LogP) is -1.18. The third-order valence-corrected chi connectivity index (χ3v) is 3.26. The van der Waals surface area contributed by atoms with Crippen LogP contribution in [0.2, 0.25) is 0 Å². The average molecular weight is 283 g/mol. The summed E-state index contributed by atoms with van der Waals surface area (Å²) in [4.78, 5) is 0. The van der Waals surface area contributed by atoms with E-state index in [-0.39, 0.29) is 12.4 Å². The molecule has 0 amide bonds. The monoisotopic (exact) mass is 283 g/mol. The van der Waals surface area contributed by atoms with Gasteiger partial charge in [-0.2, -0.15) is 0 Å². The van der Waals surface area contributed by atoms with E-state index in [4.69, 9.17) is 10.9 Å². The molecule has 112 valence electrons. The molecule has 0 heterocycles. The summed E-state index contributed by atoms with van der Waals surface area (Å²) in [5, 5.41) is 42.5. The minimum Gasteiger partial charge on any atom is -0.409 e. The van der Waals surface area contributed by atoms with E-state index >= 15 is 0 Å². The molecule has 1 aromatic rings.